The summed E-state index contributed by atoms with van der Waals surface area (Å²) >= 11 is 1.53. The minimum atomic E-state index is -0.625. The van der Waals surface area contributed by atoms with Gasteiger partial charge in [-0.2, -0.15) is 0 Å². The van der Waals surface area contributed by atoms with Crippen LogP contribution in [0.25, 0.3) is 0 Å². The molecule has 2 amide bonds. The summed E-state index contributed by atoms with van der Waals surface area (Å²) in [5, 5.41) is 5.07. The van der Waals surface area contributed by atoms with Gasteiger partial charge in [0.1, 0.15) is 0 Å². The first-order valence-corrected chi connectivity index (χ1v) is 10.7. The molecule has 7 nitrogen and oxygen atoms in total. The molecule has 2 fully saturated rings. The van der Waals surface area contributed by atoms with E-state index in [-0.39, 0.29) is 23.9 Å². The second-order valence-corrected chi connectivity index (χ2v) is 8.47. The Labute approximate surface area is 168 Å². The van der Waals surface area contributed by atoms with Gasteiger partial charge in [0.05, 0.1) is 40.7 Å². The third-order valence-corrected chi connectivity index (χ3v) is 6.66. The molecule has 4 heterocycles. The zero-order valence-electron chi connectivity index (χ0n) is 16.2. The lowest BCUT2D eigenvalue weighted by atomic mass is 9.70. The number of thiazole rings is 1. The molecule has 0 unspecified atom stereocenters. The standard InChI is InChI=1S/C20H25N5O2S/c1-3-18(26)25-16-4-5-17(25)20(7-16,6-14-11-28-12-24-14)19(27)23-10-15-9-21-13(2)8-22-15/h8-9,11-12,16-17H,3-7,10H2,1-2H3,(H,23,27)/t16-,17+,20+/m1/s1. The molecule has 2 saturated heterocycles. The summed E-state index contributed by atoms with van der Waals surface area (Å²) < 4.78 is 0. The van der Waals surface area contributed by atoms with Crippen molar-refractivity contribution in [2.45, 2.75) is 64.6 Å². The average Bonchev–Trinajstić information content (AvgIpc) is 3.42. The van der Waals surface area contributed by atoms with Gasteiger partial charge in [0.25, 0.3) is 0 Å². The van der Waals surface area contributed by atoms with Crippen LogP contribution in [0.3, 0.4) is 0 Å². The molecule has 0 aliphatic carbocycles. The molecule has 3 atom stereocenters. The first kappa shape index (κ1) is 19.0. The second kappa shape index (κ2) is 7.58. The predicted molar refractivity (Wildman–Crippen MR) is 105 cm³/mol. The molecule has 2 bridgehead atoms. The van der Waals surface area contributed by atoms with Gasteiger partial charge in [0.15, 0.2) is 0 Å². The van der Waals surface area contributed by atoms with Crippen molar-refractivity contribution >= 4 is 23.2 Å². The molecule has 2 aromatic heterocycles. The van der Waals surface area contributed by atoms with Crippen LogP contribution in [0.4, 0.5) is 0 Å². The van der Waals surface area contributed by atoms with Gasteiger partial charge < -0.3 is 10.2 Å². The summed E-state index contributed by atoms with van der Waals surface area (Å²) in [6.07, 6.45) is 6.98. The zero-order chi connectivity index (χ0) is 19.7. The third-order valence-electron chi connectivity index (χ3n) is 6.03. The number of carbonyl (C=O) groups is 2. The highest BCUT2D eigenvalue weighted by Gasteiger charge is 2.60. The smallest absolute Gasteiger partial charge is 0.229 e. The van der Waals surface area contributed by atoms with Crippen molar-refractivity contribution in [1.82, 2.24) is 25.2 Å². The van der Waals surface area contributed by atoms with Crippen LogP contribution in [0.2, 0.25) is 0 Å². The van der Waals surface area contributed by atoms with Crippen molar-refractivity contribution < 1.29 is 9.59 Å². The third kappa shape index (κ3) is 3.30. The van der Waals surface area contributed by atoms with Gasteiger partial charge >= 0.3 is 0 Å². The molecule has 4 rings (SSSR count). The molecule has 28 heavy (non-hydrogen) atoms. The Balaban J connectivity index is 1.58. The van der Waals surface area contributed by atoms with E-state index >= 15 is 0 Å². The van der Waals surface area contributed by atoms with Gasteiger partial charge in [-0.05, 0) is 26.2 Å². The largest absolute Gasteiger partial charge is 0.350 e. The molecule has 0 saturated carbocycles. The van der Waals surface area contributed by atoms with E-state index < -0.39 is 5.41 Å². The van der Waals surface area contributed by atoms with Gasteiger partial charge in [-0.1, -0.05) is 6.92 Å². The van der Waals surface area contributed by atoms with E-state index in [1.54, 1.807) is 17.9 Å². The quantitative estimate of drug-likeness (QED) is 0.805. The van der Waals surface area contributed by atoms with Crippen LogP contribution in [0, 0.1) is 12.3 Å². The fourth-order valence-corrected chi connectivity index (χ4v) is 5.32. The van der Waals surface area contributed by atoms with E-state index in [1.165, 1.54) is 11.3 Å². The van der Waals surface area contributed by atoms with Crippen molar-refractivity contribution in [3.63, 3.8) is 0 Å². The Morgan fingerprint density at radius 3 is 2.79 bits per heavy atom. The molecular weight excluding hydrogens is 374 g/mol. The highest BCUT2D eigenvalue weighted by atomic mass is 32.1. The first-order chi connectivity index (χ1) is 13.5. The van der Waals surface area contributed by atoms with Crippen molar-refractivity contribution in [2.75, 3.05) is 0 Å². The Kier molecular flexibility index (Phi) is 5.14. The predicted octanol–water partition coefficient (Wildman–Crippen LogP) is 2.26. The van der Waals surface area contributed by atoms with Crippen LogP contribution in [0.5, 0.6) is 0 Å². The molecular formula is C20H25N5O2S. The summed E-state index contributed by atoms with van der Waals surface area (Å²) in [5.41, 5.74) is 3.67. The number of amides is 2. The summed E-state index contributed by atoms with van der Waals surface area (Å²) in [4.78, 5) is 41.0. The Bertz CT molecular complexity index is 854. The number of nitrogens with one attached hydrogen (secondary N) is 1. The van der Waals surface area contributed by atoms with E-state index in [0.29, 0.717) is 25.8 Å². The normalized spacial score (nSPS) is 25.9. The summed E-state index contributed by atoms with van der Waals surface area (Å²) in [6, 6.07) is 0.0942. The van der Waals surface area contributed by atoms with Crippen LogP contribution in [0.15, 0.2) is 23.3 Å². The van der Waals surface area contributed by atoms with Gasteiger partial charge in [0.2, 0.25) is 11.8 Å². The maximum absolute atomic E-state index is 13.5. The maximum Gasteiger partial charge on any atom is 0.229 e. The minimum Gasteiger partial charge on any atom is -0.350 e. The Hall–Kier alpha value is -2.35. The Morgan fingerprint density at radius 1 is 1.25 bits per heavy atom. The number of nitrogens with zero attached hydrogens (tertiary/aromatic N) is 4. The topological polar surface area (TPSA) is 88.1 Å². The van der Waals surface area contributed by atoms with Gasteiger partial charge in [-0.15, -0.1) is 11.3 Å². The van der Waals surface area contributed by atoms with Crippen LogP contribution >= 0.6 is 11.3 Å². The molecule has 0 aromatic carbocycles. The first-order valence-electron chi connectivity index (χ1n) is 9.77. The number of fused-ring (bicyclic) bond motifs is 2. The van der Waals surface area contributed by atoms with Gasteiger partial charge in [-0.3, -0.25) is 19.6 Å². The van der Waals surface area contributed by atoms with Crippen molar-refractivity contribution in [3.8, 4) is 0 Å². The molecule has 148 valence electrons. The lowest BCUT2D eigenvalue weighted by Crippen LogP contribution is -2.51. The molecule has 8 heteroatoms. The lowest BCUT2D eigenvalue weighted by Gasteiger charge is -2.35. The number of hydrogen-bond acceptors (Lipinski definition) is 6. The monoisotopic (exact) mass is 399 g/mol. The molecule has 2 aliphatic rings. The van der Waals surface area contributed by atoms with Crippen LogP contribution < -0.4 is 5.32 Å². The molecule has 1 N–H and O–H groups in total. The average molecular weight is 400 g/mol. The fraction of sp³-hybridized carbons (Fsp3) is 0.550. The zero-order valence-corrected chi connectivity index (χ0v) is 17.0. The summed E-state index contributed by atoms with van der Waals surface area (Å²) in [7, 11) is 0. The van der Waals surface area contributed by atoms with Gasteiger partial charge in [0, 0.05) is 36.5 Å². The molecule has 2 aliphatic heterocycles. The van der Waals surface area contributed by atoms with E-state index in [4.69, 9.17) is 0 Å². The van der Waals surface area contributed by atoms with Crippen LogP contribution in [-0.2, 0) is 22.6 Å². The minimum absolute atomic E-state index is 0.0102. The molecule has 2 aromatic rings. The summed E-state index contributed by atoms with van der Waals surface area (Å²) in [5.74, 6) is 0.133. The molecule has 0 radical (unpaired) electrons. The Morgan fingerprint density at radius 2 is 2.11 bits per heavy atom. The van der Waals surface area contributed by atoms with E-state index in [0.717, 1.165) is 29.9 Å². The second-order valence-electron chi connectivity index (χ2n) is 7.75. The number of aryl methyl sites for hydroxylation is 1. The molecule has 0 spiro atoms. The highest BCUT2D eigenvalue weighted by Crippen LogP contribution is 2.52. The van der Waals surface area contributed by atoms with Crippen molar-refractivity contribution in [3.05, 3.63) is 40.4 Å². The van der Waals surface area contributed by atoms with Crippen LogP contribution in [0.1, 0.15) is 49.7 Å². The van der Waals surface area contributed by atoms with Crippen molar-refractivity contribution in [1.29, 1.82) is 0 Å². The number of rotatable bonds is 6. The SMILES string of the molecule is CCC(=O)N1[C@@H]2CC[C@H]1[C@@](Cc1cscn1)(C(=O)NCc1cnc(C)cn1)C2. The number of aromatic nitrogens is 3. The maximum atomic E-state index is 13.5. The number of carbonyl (C=O) groups excluding carboxylic acids is 2. The highest BCUT2D eigenvalue weighted by molar-refractivity contribution is 7.07. The fourth-order valence-electron chi connectivity index (χ4n) is 4.76. The lowest BCUT2D eigenvalue weighted by molar-refractivity contribution is -0.136. The van der Waals surface area contributed by atoms with E-state index in [9.17, 15) is 9.59 Å². The van der Waals surface area contributed by atoms with Gasteiger partial charge in [-0.25, -0.2) is 4.98 Å². The summed E-state index contributed by atoms with van der Waals surface area (Å²) in [6.45, 7) is 4.11. The number of hydrogen-bond donors (Lipinski definition) is 1. The van der Waals surface area contributed by atoms with Crippen molar-refractivity contribution in [2.24, 2.45) is 5.41 Å². The van der Waals surface area contributed by atoms with Crippen LogP contribution in [-0.4, -0.2) is 43.7 Å². The van der Waals surface area contributed by atoms with E-state index in [1.807, 2.05) is 24.1 Å². The van der Waals surface area contributed by atoms with E-state index in [2.05, 4.69) is 20.3 Å².